The minimum atomic E-state index is -0.252. The van der Waals surface area contributed by atoms with Gasteiger partial charge >= 0.3 is 0 Å². The Morgan fingerprint density at radius 3 is 2.60 bits per heavy atom. The number of halogens is 1. The topological polar surface area (TPSA) is 86.2 Å². The zero-order chi connectivity index (χ0) is 20.9. The Balaban J connectivity index is 1.48. The van der Waals surface area contributed by atoms with Crippen molar-refractivity contribution in [2.24, 2.45) is 0 Å². The number of nitrogens with zero attached hydrogens (tertiary/aromatic N) is 2. The molecule has 0 aliphatic heterocycles. The van der Waals surface area contributed by atoms with Gasteiger partial charge in [0.25, 0.3) is 0 Å². The third kappa shape index (κ3) is 4.57. The van der Waals surface area contributed by atoms with E-state index in [9.17, 15) is 4.39 Å². The number of nitrogens with one attached hydrogen (secondary N) is 1. The van der Waals surface area contributed by atoms with E-state index in [1.165, 1.54) is 12.1 Å². The van der Waals surface area contributed by atoms with E-state index < -0.39 is 0 Å². The van der Waals surface area contributed by atoms with Gasteiger partial charge in [0.15, 0.2) is 0 Å². The molecule has 3 N–H and O–H groups in total. The molecule has 0 bridgehead atoms. The number of nitrogens with two attached hydrogens (primary N) is 1. The van der Waals surface area contributed by atoms with Gasteiger partial charge in [-0.05, 0) is 66.6 Å². The van der Waals surface area contributed by atoms with Crippen LogP contribution in [0.2, 0.25) is 0 Å². The molecule has 0 saturated heterocycles. The Morgan fingerprint density at radius 2 is 1.83 bits per heavy atom. The fourth-order valence-electron chi connectivity index (χ4n) is 3.04. The van der Waals surface area contributed by atoms with Crippen LogP contribution in [0.3, 0.4) is 0 Å². The molecule has 30 heavy (non-hydrogen) atoms. The summed E-state index contributed by atoms with van der Waals surface area (Å²) in [5, 5.41) is 11.5. The van der Waals surface area contributed by atoms with E-state index in [4.69, 9.17) is 14.9 Å². The van der Waals surface area contributed by atoms with Crippen molar-refractivity contribution in [3.05, 3.63) is 84.0 Å². The number of hydrogen-bond acceptors (Lipinski definition) is 6. The standard InChI is InChI=1S/C23H21FN4O2/c1-29-19-9-7-18(8-10-19)26-21-14-16(6-11-20(21)25)23-28-27-22(30-23)12-5-15-3-2-4-17(24)13-15/h2-4,6-11,13-14,26H,5,12,25H2,1H3. The van der Waals surface area contributed by atoms with Gasteiger partial charge in [-0.3, -0.25) is 0 Å². The molecule has 1 heterocycles. The summed E-state index contributed by atoms with van der Waals surface area (Å²) in [6.45, 7) is 0. The molecule has 0 amide bonds. The van der Waals surface area contributed by atoms with Crippen LogP contribution in [0.25, 0.3) is 11.5 Å². The first-order valence-corrected chi connectivity index (χ1v) is 9.48. The maximum atomic E-state index is 13.3. The lowest BCUT2D eigenvalue weighted by atomic mass is 10.1. The summed E-state index contributed by atoms with van der Waals surface area (Å²) >= 11 is 0. The Labute approximate surface area is 173 Å². The van der Waals surface area contributed by atoms with Crippen LogP contribution in [0.15, 0.2) is 71.1 Å². The third-order valence-electron chi connectivity index (χ3n) is 4.65. The predicted octanol–water partition coefficient (Wildman–Crippen LogP) is 5.00. The summed E-state index contributed by atoms with van der Waals surface area (Å²) in [7, 11) is 1.63. The minimum Gasteiger partial charge on any atom is -0.497 e. The number of nitrogen functional groups attached to an aromatic ring is 1. The highest BCUT2D eigenvalue weighted by Gasteiger charge is 2.11. The summed E-state index contributed by atoms with van der Waals surface area (Å²) in [6, 6.07) is 19.5. The summed E-state index contributed by atoms with van der Waals surface area (Å²) in [5.41, 5.74) is 9.96. The largest absolute Gasteiger partial charge is 0.497 e. The van der Waals surface area contributed by atoms with Crippen molar-refractivity contribution in [2.45, 2.75) is 12.8 Å². The molecule has 0 saturated carbocycles. The normalized spacial score (nSPS) is 10.7. The van der Waals surface area contributed by atoms with Crippen LogP contribution >= 0.6 is 0 Å². The molecule has 4 rings (SSSR count). The number of hydrogen-bond donors (Lipinski definition) is 2. The van der Waals surface area contributed by atoms with Gasteiger partial charge in [-0.15, -0.1) is 10.2 Å². The van der Waals surface area contributed by atoms with Crippen LogP contribution in [0, 0.1) is 5.82 Å². The van der Waals surface area contributed by atoms with E-state index in [0.29, 0.717) is 30.3 Å². The van der Waals surface area contributed by atoms with E-state index in [-0.39, 0.29) is 5.82 Å². The van der Waals surface area contributed by atoms with Crippen LogP contribution in [0.1, 0.15) is 11.5 Å². The zero-order valence-electron chi connectivity index (χ0n) is 16.4. The van der Waals surface area contributed by atoms with Gasteiger partial charge < -0.3 is 20.2 Å². The van der Waals surface area contributed by atoms with E-state index in [0.717, 1.165) is 28.3 Å². The van der Waals surface area contributed by atoms with Crippen molar-refractivity contribution < 1.29 is 13.5 Å². The quantitative estimate of drug-likeness (QED) is 0.422. The number of anilines is 3. The Bertz CT molecular complexity index is 1140. The summed E-state index contributed by atoms with van der Waals surface area (Å²) in [4.78, 5) is 0. The molecule has 0 fully saturated rings. The van der Waals surface area contributed by atoms with Crippen molar-refractivity contribution in [1.82, 2.24) is 10.2 Å². The van der Waals surface area contributed by atoms with Gasteiger partial charge in [-0.1, -0.05) is 12.1 Å². The van der Waals surface area contributed by atoms with E-state index >= 15 is 0 Å². The molecule has 4 aromatic rings. The zero-order valence-corrected chi connectivity index (χ0v) is 16.4. The lowest BCUT2D eigenvalue weighted by Crippen LogP contribution is -1.97. The second-order valence-electron chi connectivity index (χ2n) is 6.79. The smallest absolute Gasteiger partial charge is 0.247 e. The molecule has 0 radical (unpaired) electrons. The summed E-state index contributed by atoms with van der Waals surface area (Å²) in [5.74, 6) is 1.43. The average molecular weight is 404 g/mol. The fourth-order valence-corrected chi connectivity index (χ4v) is 3.04. The van der Waals surface area contributed by atoms with Crippen molar-refractivity contribution in [3.8, 4) is 17.2 Å². The molecule has 1 aromatic heterocycles. The van der Waals surface area contributed by atoms with Gasteiger partial charge in [0.05, 0.1) is 18.5 Å². The van der Waals surface area contributed by atoms with Crippen molar-refractivity contribution in [2.75, 3.05) is 18.2 Å². The molecule has 6 nitrogen and oxygen atoms in total. The second-order valence-corrected chi connectivity index (χ2v) is 6.79. The molecule has 3 aromatic carbocycles. The van der Waals surface area contributed by atoms with Crippen LogP contribution in [-0.4, -0.2) is 17.3 Å². The Hall–Kier alpha value is -3.87. The molecule has 0 unspecified atom stereocenters. The van der Waals surface area contributed by atoms with Crippen LogP contribution in [0.4, 0.5) is 21.5 Å². The lowest BCUT2D eigenvalue weighted by molar-refractivity contribution is 0.415. The average Bonchev–Trinajstić information content (AvgIpc) is 3.23. The van der Waals surface area contributed by atoms with Crippen LogP contribution in [0.5, 0.6) is 5.75 Å². The van der Waals surface area contributed by atoms with Crippen LogP contribution in [-0.2, 0) is 12.8 Å². The molecule has 0 atom stereocenters. The third-order valence-corrected chi connectivity index (χ3v) is 4.65. The molecule has 0 aliphatic carbocycles. The van der Waals surface area contributed by atoms with Gasteiger partial charge in [0.1, 0.15) is 11.6 Å². The predicted molar refractivity (Wildman–Crippen MR) is 114 cm³/mol. The fraction of sp³-hybridized carbons (Fsp3) is 0.130. The highest BCUT2D eigenvalue weighted by atomic mass is 19.1. The highest BCUT2D eigenvalue weighted by Crippen LogP contribution is 2.29. The van der Waals surface area contributed by atoms with Gasteiger partial charge in [0, 0.05) is 17.7 Å². The molecule has 7 heteroatoms. The molecular weight excluding hydrogens is 383 g/mol. The van der Waals surface area contributed by atoms with Gasteiger partial charge in [-0.25, -0.2) is 4.39 Å². The molecule has 0 aliphatic rings. The number of aryl methyl sites for hydroxylation is 2. The van der Waals surface area contributed by atoms with Crippen molar-refractivity contribution in [3.63, 3.8) is 0 Å². The second kappa shape index (κ2) is 8.65. The van der Waals surface area contributed by atoms with Gasteiger partial charge in [-0.2, -0.15) is 0 Å². The monoisotopic (exact) mass is 404 g/mol. The maximum absolute atomic E-state index is 13.3. The summed E-state index contributed by atoms with van der Waals surface area (Å²) in [6.07, 6.45) is 1.15. The lowest BCUT2D eigenvalue weighted by Gasteiger charge is -2.11. The summed E-state index contributed by atoms with van der Waals surface area (Å²) < 4.78 is 24.3. The SMILES string of the molecule is COc1ccc(Nc2cc(-c3nnc(CCc4cccc(F)c4)o3)ccc2N)cc1. The minimum absolute atomic E-state index is 0.252. The number of benzene rings is 3. The van der Waals surface area contributed by atoms with Gasteiger partial charge in [0.2, 0.25) is 11.8 Å². The first-order chi connectivity index (χ1) is 14.6. The molecule has 152 valence electrons. The first kappa shape index (κ1) is 19.4. The van der Waals surface area contributed by atoms with Crippen molar-refractivity contribution >= 4 is 17.1 Å². The highest BCUT2D eigenvalue weighted by molar-refractivity contribution is 5.77. The maximum Gasteiger partial charge on any atom is 0.247 e. The number of rotatable bonds is 7. The van der Waals surface area contributed by atoms with E-state index in [1.54, 1.807) is 19.2 Å². The first-order valence-electron chi connectivity index (χ1n) is 9.48. The number of ether oxygens (including phenoxy) is 1. The van der Waals surface area contributed by atoms with E-state index in [2.05, 4.69) is 15.5 Å². The number of aromatic nitrogens is 2. The Morgan fingerprint density at radius 1 is 1.00 bits per heavy atom. The number of methoxy groups -OCH3 is 1. The van der Waals surface area contributed by atoms with Crippen LogP contribution < -0.4 is 15.8 Å². The molecular formula is C23H21FN4O2. The molecule has 0 spiro atoms. The van der Waals surface area contributed by atoms with Crippen molar-refractivity contribution in [1.29, 1.82) is 0 Å². The van der Waals surface area contributed by atoms with E-state index in [1.807, 2.05) is 42.5 Å². The Kier molecular flexibility index (Phi) is 5.61.